The third-order valence-electron chi connectivity index (χ3n) is 2.35. The summed E-state index contributed by atoms with van der Waals surface area (Å²) in [5.74, 6) is 0. The number of aromatic nitrogens is 1. The van der Waals surface area contributed by atoms with Crippen molar-refractivity contribution in [3.8, 4) is 0 Å². The van der Waals surface area contributed by atoms with Crippen LogP contribution in [0.3, 0.4) is 0 Å². The van der Waals surface area contributed by atoms with Crippen molar-refractivity contribution in [2.75, 3.05) is 0 Å². The molecular weight excluding hydrogens is 162 g/mol. The number of carbonyl (C=O) groups excluding carboxylic acids is 1. The minimum Gasteiger partial charge on any atom is -0.350 e. The normalized spacial score (nSPS) is 10.6. The highest BCUT2D eigenvalue weighted by molar-refractivity contribution is 5.89. The Morgan fingerprint density at radius 2 is 2.15 bits per heavy atom. The minimum absolute atomic E-state index is 0.730. The van der Waals surface area contributed by atoms with Crippen LogP contribution < -0.4 is 0 Å². The Hall–Kier alpha value is -1.57. The van der Waals surface area contributed by atoms with Crippen LogP contribution in [0, 0.1) is 6.92 Å². The van der Waals surface area contributed by atoms with E-state index >= 15 is 0 Å². The fourth-order valence-electron chi connectivity index (χ4n) is 1.68. The van der Waals surface area contributed by atoms with Gasteiger partial charge in [0.1, 0.15) is 6.29 Å². The van der Waals surface area contributed by atoms with E-state index < -0.39 is 0 Å². The van der Waals surface area contributed by atoms with Gasteiger partial charge in [0.05, 0.1) is 0 Å². The fraction of sp³-hybridized carbons (Fsp3) is 0.182. The van der Waals surface area contributed by atoms with Crippen molar-refractivity contribution in [1.29, 1.82) is 0 Å². The molecule has 2 rings (SSSR count). The number of aryl methyl sites for hydroxylation is 2. The number of aldehydes is 1. The van der Waals surface area contributed by atoms with Gasteiger partial charge in [-0.2, -0.15) is 0 Å². The van der Waals surface area contributed by atoms with E-state index in [4.69, 9.17) is 0 Å². The Morgan fingerprint density at radius 1 is 1.38 bits per heavy atom. The van der Waals surface area contributed by atoms with E-state index in [1.54, 1.807) is 0 Å². The average Bonchev–Trinajstić information content (AvgIpc) is 2.42. The van der Waals surface area contributed by atoms with Crippen LogP contribution in [-0.4, -0.2) is 10.9 Å². The number of carbonyl (C=O) groups is 1. The summed E-state index contributed by atoms with van der Waals surface area (Å²) in [5.41, 5.74) is 3.09. The zero-order valence-corrected chi connectivity index (χ0v) is 7.74. The lowest BCUT2D eigenvalue weighted by Crippen LogP contribution is -1.85. The molecule has 0 unspecified atom stereocenters. The molecule has 13 heavy (non-hydrogen) atoms. The van der Waals surface area contributed by atoms with Gasteiger partial charge in [0.15, 0.2) is 0 Å². The lowest BCUT2D eigenvalue weighted by atomic mass is 10.1. The summed E-state index contributed by atoms with van der Waals surface area (Å²) in [5, 5.41) is 1.22. The molecule has 0 aliphatic carbocycles. The first-order chi connectivity index (χ1) is 6.22. The van der Waals surface area contributed by atoms with E-state index in [1.165, 1.54) is 10.9 Å². The van der Waals surface area contributed by atoms with Crippen LogP contribution in [0.5, 0.6) is 0 Å². The van der Waals surface area contributed by atoms with Crippen LogP contribution in [0.15, 0.2) is 24.4 Å². The summed E-state index contributed by atoms with van der Waals surface area (Å²) in [6.07, 6.45) is 2.95. The van der Waals surface area contributed by atoms with Crippen LogP contribution in [0.1, 0.15) is 15.9 Å². The van der Waals surface area contributed by atoms with E-state index in [0.29, 0.717) is 0 Å². The predicted molar refractivity (Wildman–Crippen MR) is 53.0 cm³/mol. The fourth-order valence-corrected chi connectivity index (χ4v) is 1.68. The van der Waals surface area contributed by atoms with Gasteiger partial charge in [-0.15, -0.1) is 0 Å². The third kappa shape index (κ3) is 1.15. The average molecular weight is 173 g/mol. The molecule has 0 amide bonds. The smallest absolute Gasteiger partial charge is 0.150 e. The molecule has 0 aliphatic heterocycles. The highest BCUT2D eigenvalue weighted by atomic mass is 16.1. The highest BCUT2D eigenvalue weighted by Crippen LogP contribution is 2.20. The SMILES string of the molecule is Cc1cn(C)c2cc(C=O)ccc12. The number of fused-ring (bicyclic) bond motifs is 1. The van der Waals surface area contributed by atoms with Crippen LogP contribution in [0.25, 0.3) is 10.9 Å². The van der Waals surface area contributed by atoms with Gasteiger partial charge in [-0.25, -0.2) is 0 Å². The van der Waals surface area contributed by atoms with Gasteiger partial charge >= 0.3 is 0 Å². The molecule has 2 heteroatoms. The molecule has 66 valence electrons. The maximum absolute atomic E-state index is 10.6. The standard InChI is InChI=1S/C11H11NO/c1-8-6-12(2)11-5-9(7-13)3-4-10(8)11/h3-7H,1-2H3. The molecule has 0 saturated heterocycles. The number of benzene rings is 1. The Kier molecular flexibility index (Phi) is 1.69. The summed E-state index contributed by atoms with van der Waals surface area (Å²) in [6, 6.07) is 5.76. The summed E-state index contributed by atoms with van der Waals surface area (Å²) in [4.78, 5) is 10.6. The Labute approximate surface area is 76.8 Å². The van der Waals surface area contributed by atoms with E-state index in [0.717, 1.165) is 17.4 Å². The molecule has 1 heterocycles. The minimum atomic E-state index is 0.730. The summed E-state index contributed by atoms with van der Waals surface area (Å²) < 4.78 is 2.04. The van der Waals surface area contributed by atoms with Crippen LogP contribution >= 0.6 is 0 Å². The van der Waals surface area contributed by atoms with Crippen molar-refractivity contribution in [3.63, 3.8) is 0 Å². The first-order valence-corrected chi connectivity index (χ1v) is 4.23. The lowest BCUT2D eigenvalue weighted by molar-refractivity contribution is 0.112. The van der Waals surface area contributed by atoms with Crippen molar-refractivity contribution in [2.24, 2.45) is 7.05 Å². The van der Waals surface area contributed by atoms with Gasteiger partial charge in [0, 0.05) is 29.7 Å². The molecule has 0 atom stereocenters. The number of hydrogen-bond acceptors (Lipinski definition) is 1. The topological polar surface area (TPSA) is 22.0 Å². The Balaban J connectivity index is 2.83. The van der Waals surface area contributed by atoms with Crippen molar-refractivity contribution in [2.45, 2.75) is 6.92 Å². The second-order valence-corrected chi connectivity index (χ2v) is 3.32. The highest BCUT2D eigenvalue weighted by Gasteiger charge is 2.02. The van der Waals surface area contributed by atoms with Crippen molar-refractivity contribution in [3.05, 3.63) is 35.5 Å². The Bertz CT molecular complexity index is 468. The van der Waals surface area contributed by atoms with Crippen molar-refractivity contribution >= 4 is 17.2 Å². The zero-order chi connectivity index (χ0) is 9.42. The van der Waals surface area contributed by atoms with Crippen LogP contribution in [0.4, 0.5) is 0 Å². The molecule has 0 aliphatic rings. The van der Waals surface area contributed by atoms with E-state index in [9.17, 15) is 4.79 Å². The molecule has 0 N–H and O–H groups in total. The second-order valence-electron chi connectivity index (χ2n) is 3.32. The molecule has 0 spiro atoms. The molecule has 0 radical (unpaired) electrons. The molecule has 0 fully saturated rings. The second kappa shape index (κ2) is 2.73. The van der Waals surface area contributed by atoms with Crippen LogP contribution in [-0.2, 0) is 7.05 Å². The molecule has 2 aromatic rings. The van der Waals surface area contributed by atoms with Gasteiger partial charge in [0.25, 0.3) is 0 Å². The van der Waals surface area contributed by atoms with Gasteiger partial charge < -0.3 is 4.57 Å². The zero-order valence-electron chi connectivity index (χ0n) is 7.74. The lowest BCUT2D eigenvalue weighted by Gasteiger charge is -1.96. The third-order valence-corrected chi connectivity index (χ3v) is 2.35. The summed E-state index contributed by atoms with van der Waals surface area (Å²) in [7, 11) is 1.99. The molecule has 1 aromatic carbocycles. The van der Waals surface area contributed by atoms with E-state index in [2.05, 4.69) is 13.1 Å². The number of hydrogen-bond donors (Lipinski definition) is 0. The first kappa shape index (κ1) is 8.05. The molecule has 0 bridgehead atoms. The van der Waals surface area contributed by atoms with E-state index in [1.807, 2.05) is 29.8 Å². The molecule has 0 saturated carbocycles. The van der Waals surface area contributed by atoms with Gasteiger partial charge in [-0.3, -0.25) is 4.79 Å². The molecular formula is C11H11NO. The monoisotopic (exact) mass is 173 g/mol. The summed E-state index contributed by atoms with van der Waals surface area (Å²) in [6.45, 7) is 2.07. The van der Waals surface area contributed by atoms with Crippen molar-refractivity contribution < 1.29 is 4.79 Å². The number of nitrogens with zero attached hydrogens (tertiary/aromatic N) is 1. The van der Waals surface area contributed by atoms with Crippen LogP contribution in [0.2, 0.25) is 0 Å². The Morgan fingerprint density at radius 3 is 2.85 bits per heavy atom. The first-order valence-electron chi connectivity index (χ1n) is 4.23. The van der Waals surface area contributed by atoms with Crippen molar-refractivity contribution in [1.82, 2.24) is 4.57 Å². The van der Waals surface area contributed by atoms with E-state index in [-0.39, 0.29) is 0 Å². The maximum Gasteiger partial charge on any atom is 0.150 e. The molecule has 1 aromatic heterocycles. The quantitative estimate of drug-likeness (QED) is 0.606. The molecule has 2 nitrogen and oxygen atoms in total. The largest absolute Gasteiger partial charge is 0.350 e. The predicted octanol–water partition coefficient (Wildman–Crippen LogP) is 2.30. The maximum atomic E-state index is 10.6. The number of rotatable bonds is 1. The van der Waals surface area contributed by atoms with Gasteiger partial charge in [0.2, 0.25) is 0 Å². The summed E-state index contributed by atoms with van der Waals surface area (Å²) >= 11 is 0. The van der Waals surface area contributed by atoms with Gasteiger partial charge in [-0.1, -0.05) is 12.1 Å². The van der Waals surface area contributed by atoms with Gasteiger partial charge in [-0.05, 0) is 18.6 Å².